The molecule has 8 nitrogen and oxygen atoms in total. The molecule has 0 bridgehead atoms. The molecule has 0 aliphatic carbocycles. The van der Waals surface area contributed by atoms with E-state index in [1.807, 2.05) is 48.5 Å². The lowest BCUT2D eigenvalue weighted by molar-refractivity contribution is -0.384. The van der Waals surface area contributed by atoms with Crippen LogP contribution in [0.2, 0.25) is 0 Å². The number of carbonyl (C=O) groups is 1. The van der Waals surface area contributed by atoms with Gasteiger partial charge in [-0.05, 0) is 60.2 Å². The van der Waals surface area contributed by atoms with Crippen molar-refractivity contribution in [3.8, 4) is 17.2 Å². The van der Waals surface area contributed by atoms with Gasteiger partial charge in [0.05, 0.1) is 23.1 Å². The Hall–Kier alpha value is -4.56. The number of nitrogens with zero attached hydrogens (tertiary/aromatic N) is 2. The molecular weight excluding hydrogens is 496 g/mol. The molecule has 0 fully saturated rings. The molecule has 5 rings (SSSR count). The number of halogens is 1. The number of carbonyl (C=O) groups excluding carboxylic acids is 1. The van der Waals surface area contributed by atoms with Crippen molar-refractivity contribution in [2.24, 2.45) is 0 Å². The van der Waals surface area contributed by atoms with Crippen LogP contribution in [0.3, 0.4) is 0 Å². The Morgan fingerprint density at radius 2 is 1.62 bits per heavy atom. The van der Waals surface area contributed by atoms with E-state index in [9.17, 15) is 14.9 Å². The van der Waals surface area contributed by atoms with Gasteiger partial charge in [-0.3, -0.25) is 10.1 Å². The lowest BCUT2D eigenvalue weighted by Gasteiger charge is -2.10. The summed E-state index contributed by atoms with van der Waals surface area (Å²) in [5.41, 5.74) is 3.07. The number of alkyl halides is 1. The normalized spacial score (nSPS) is 11.0. The fraction of sp³-hybridized carbons (Fsp3) is 0.107. The van der Waals surface area contributed by atoms with E-state index in [1.54, 1.807) is 19.2 Å². The highest BCUT2D eigenvalue weighted by atomic mass is 35.5. The Morgan fingerprint density at radius 3 is 2.30 bits per heavy atom. The molecular formula is C28H21ClN2O6. The molecule has 5 aromatic rings. The van der Waals surface area contributed by atoms with Crippen LogP contribution in [0.25, 0.3) is 21.8 Å². The van der Waals surface area contributed by atoms with Crippen molar-refractivity contribution in [1.29, 1.82) is 0 Å². The fourth-order valence-electron chi connectivity index (χ4n) is 4.33. The lowest BCUT2D eigenvalue weighted by atomic mass is 10.1. The van der Waals surface area contributed by atoms with Crippen LogP contribution in [0.15, 0.2) is 84.9 Å². The predicted molar refractivity (Wildman–Crippen MR) is 141 cm³/mol. The second-order valence-electron chi connectivity index (χ2n) is 8.21. The van der Waals surface area contributed by atoms with E-state index in [-0.39, 0.29) is 17.5 Å². The van der Waals surface area contributed by atoms with Gasteiger partial charge in [0.25, 0.3) is 5.69 Å². The van der Waals surface area contributed by atoms with Crippen molar-refractivity contribution in [3.63, 3.8) is 0 Å². The van der Waals surface area contributed by atoms with Crippen molar-refractivity contribution in [2.75, 3.05) is 13.2 Å². The molecule has 0 radical (unpaired) electrons. The minimum absolute atomic E-state index is 0.00889. The summed E-state index contributed by atoms with van der Waals surface area (Å²) in [6.07, 6.45) is 0. The Balaban J connectivity index is 1.61. The lowest BCUT2D eigenvalue weighted by Crippen LogP contribution is -2.09. The van der Waals surface area contributed by atoms with Crippen LogP contribution in [0.5, 0.6) is 17.2 Å². The first-order chi connectivity index (χ1) is 18.0. The highest BCUT2D eigenvalue weighted by molar-refractivity contribution is 6.18. The molecule has 0 spiro atoms. The van der Waals surface area contributed by atoms with Crippen LogP contribution >= 0.6 is 11.6 Å². The number of ether oxygens (including phenoxy) is 3. The molecule has 0 unspecified atom stereocenters. The summed E-state index contributed by atoms with van der Waals surface area (Å²) < 4.78 is 18.5. The minimum Gasteiger partial charge on any atom is -0.497 e. The maximum Gasteiger partial charge on any atom is 0.344 e. The Bertz CT molecular complexity index is 1610. The van der Waals surface area contributed by atoms with E-state index in [1.165, 1.54) is 24.3 Å². The van der Waals surface area contributed by atoms with E-state index in [2.05, 4.69) is 4.57 Å². The quantitative estimate of drug-likeness (QED) is 0.0762. The molecule has 1 heterocycles. The van der Waals surface area contributed by atoms with Gasteiger partial charge in [-0.15, -0.1) is 0 Å². The highest BCUT2D eigenvalue weighted by Gasteiger charge is 2.20. The predicted octanol–water partition coefficient (Wildman–Crippen LogP) is 6.55. The zero-order valence-corrected chi connectivity index (χ0v) is 20.5. The number of fused-ring (bicyclic) bond motifs is 3. The first kappa shape index (κ1) is 24.1. The smallest absolute Gasteiger partial charge is 0.344 e. The van der Waals surface area contributed by atoms with E-state index in [0.29, 0.717) is 23.2 Å². The van der Waals surface area contributed by atoms with Crippen LogP contribution in [-0.2, 0) is 6.54 Å². The molecule has 0 N–H and O–H groups in total. The molecule has 37 heavy (non-hydrogen) atoms. The zero-order valence-electron chi connectivity index (χ0n) is 19.7. The molecule has 0 saturated carbocycles. The number of aromatic nitrogens is 1. The van der Waals surface area contributed by atoms with Gasteiger partial charge in [-0.2, -0.15) is 0 Å². The minimum atomic E-state index is -0.577. The van der Waals surface area contributed by atoms with Gasteiger partial charge in [0, 0.05) is 35.0 Å². The maximum atomic E-state index is 13.3. The van der Waals surface area contributed by atoms with Gasteiger partial charge in [-0.25, -0.2) is 4.79 Å². The van der Waals surface area contributed by atoms with Crippen LogP contribution in [0.4, 0.5) is 5.69 Å². The first-order valence-corrected chi connectivity index (χ1v) is 11.8. The summed E-state index contributed by atoms with van der Waals surface area (Å²) in [5, 5.41) is 12.5. The molecule has 0 amide bonds. The molecule has 1 aromatic heterocycles. The van der Waals surface area contributed by atoms with E-state index in [4.69, 9.17) is 25.8 Å². The summed E-state index contributed by atoms with van der Waals surface area (Å²) >= 11 is 5.79. The summed E-state index contributed by atoms with van der Waals surface area (Å²) in [4.78, 5) is 23.7. The van der Waals surface area contributed by atoms with E-state index >= 15 is 0 Å². The fourth-order valence-corrected chi connectivity index (χ4v) is 4.46. The molecule has 186 valence electrons. The van der Waals surface area contributed by atoms with E-state index in [0.717, 1.165) is 27.7 Å². The third-order valence-corrected chi connectivity index (χ3v) is 6.17. The number of esters is 1. The van der Waals surface area contributed by atoms with Crippen molar-refractivity contribution < 1.29 is 23.9 Å². The monoisotopic (exact) mass is 516 g/mol. The van der Waals surface area contributed by atoms with Crippen LogP contribution in [-0.4, -0.2) is 28.6 Å². The Morgan fingerprint density at radius 1 is 0.919 bits per heavy atom. The summed E-state index contributed by atoms with van der Waals surface area (Å²) in [5.74, 6) is 0.974. The van der Waals surface area contributed by atoms with Gasteiger partial charge in [-0.1, -0.05) is 29.8 Å². The summed E-state index contributed by atoms with van der Waals surface area (Å²) in [6.45, 7) is 0.556. The number of nitro benzene ring substituents is 1. The third kappa shape index (κ3) is 4.79. The number of rotatable bonds is 8. The van der Waals surface area contributed by atoms with Crippen molar-refractivity contribution >= 4 is 45.1 Å². The number of benzene rings is 4. The number of methoxy groups -OCH3 is 1. The molecule has 0 aliphatic rings. The summed E-state index contributed by atoms with van der Waals surface area (Å²) in [7, 11) is 1.62. The van der Waals surface area contributed by atoms with Gasteiger partial charge in [0.2, 0.25) is 0 Å². The SMILES string of the molecule is COc1ccc(Cn2c3ccc(OCCl)cc3c3c(C(=O)Oc4ccc([N+](=O)[O-])cc4)cccc32)cc1. The first-order valence-electron chi connectivity index (χ1n) is 11.3. The topological polar surface area (TPSA) is 92.8 Å². The van der Waals surface area contributed by atoms with Crippen molar-refractivity contribution in [2.45, 2.75) is 6.54 Å². The van der Waals surface area contributed by atoms with E-state index < -0.39 is 10.9 Å². The molecule has 4 aromatic carbocycles. The van der Waals surface area contributed by atoms with Gasteiger partial charge < -0.3 is 18.8 Å². The average Bonchev–Trinajstić information content (AvgIpc) is 3.22. The van der Waals surface area contributed by atoms with Gasteiger partial charge in [0.15, 0.2) is 6.07 Å². The number of nitro groups is 1. The van der Waals surface area contributed by atoms with Crippen molar-refractivity contribution in [3.05, 3.63) is 106 Å². The largest absolute Gasteiger partial charge is 0.497 e. The number of hydrogen-bond acceptors (Lipinski definition) is 6. The number of non-ortho nitro benzene ring substituents is 1. The Kier molecular flexibility index (Phi) is 6.66. The van der Waals surface area contributed by atoms with Gasteiger partial charge in [0.1, 0.15) is 17.2 Å². The Labute approximate surface area is 216 Å². The van der Waals surface area contributed by atoms with Crippen LogP contribution in [0, 0.1) is 10.1 Å². The maximum absolute atomic E-state index is 13.3. The van der Waals surface area contributed by atoms with Crippen LogP contribution in [0.1, 0.15) is 15.9 Å². The zero-order chi connectivity index (χ0) is 25.9. The second-order valence-corrected chi connectivity index (χ2v) is 8.43. The third-order valence-electron chi connectivity index (χ3n) is 6.06. The molecule has 0 aliphatic heterocycles. The van der Waals surface area contributed by atoms with Crippen molar-refractivity contribution in [1.82, 2.24) is 4.57 Å². The highest BCUT2D eigenvalue weighted by Crippen LogP contribution is 2.35. The van der Waals surface area contributed by atoms with Crippen LogP contribution < -0.4 is 14.2 Å². The summed E-state index contributed by atoms with van der Waals surface area (Å²) in [6, 6.07) is 24.2. The average molecular weight is 517 g/mol. The molecule has 9 heteroatoms. The second kappa shape index (κ2) is 10.2. The molecule has 0 saturated heterocycles. The molecule has 0 atom stereocenters. The van der Waals surface area contributed by atoms with Gasteiger partial charge >= 0.3 is 5.97 Å². The standard InChI is InChI=1S/C28H21ClN2O6/c1-35-20-9-5-18(6-10-20)16-30-25-14-13-22(36-17-29)15-24(25)27-23(3-2-4-26(27)30)28(32)37-21-11-7-19(8-12-21)31(33)34/h2-15H,16-17H2,1H3. The number of hydrogen-bond donors (Lipinski definition) is 0.